The van der Waals surface area contributed by atoms with Crippen LogP contribution in [0.2, 0.25) is 0 Å². The second-order valence-electron chi connectivity index (χ2n) is 9.59. The van der Waals surface area contributed by atoms with Gasteiger partial charge in [-0.3, -0.25) is 9.59 Å². The number of rotatable bonds is 11. The number of carbonyl (C=O) groups is 3. The number of nitrogens with zero attached hydrogens (tertiary/aromatic N) is 1. The Morgan fingerprint density at radius 2 is 1.74 bits per heavy atom. The van der Waals surface area contributed by atoms with Gasteiger partial charge in [0.1, 0.15) is 11.4 Å². The average molecular weight is 477 g/mol. The molecule has 8 heteroatoms. The molecule has 0 radical (unpaired) electrons. The van der Waals surface area contributed by atoms with Crippen LogP contribution in [0.1, 0.15) is 76.6 Å². The van der Waals surface area contributed by atoms with Gasteiger partial charge in [0.2, 0.25) is 0 Å². The van der Waals surface area contributed by atoms with Crippen LogP contribution in [0.5, 0.6) is 5.75 Å². The van der Waals surface area contributed by atoms with E-state index in [0.717, 1.165) is 44.5 Å². The monoisotopic (exact) mass is 476 g/mol. The summed E-state index contributed by atoms with van der Waals surface area (Å²) in [7, 11) is 0. The lowest BCUT2D eigenvalue weighted by Crippen LogP contribution is -2.41. The van der Waals surface area contributed by atoms with E-state index in [0.29, 0.717) is 44.1 Å². The number of carbonyl (C=O) groups excluding carboxylic acids is 3. The van der Waals surface area contributed by atoms with Gasteiger partial charge < -0.3 is 24.4 Å². The first-order valence-corrected chi connectivity index (χ1v) is 12.3. The number of benzene rings is 1. The molecule has 0 aromatic heterocycles. The van der Waals surface area contributed by atoms with E-state index in [9.17, 15) is 14.4 Å². The van der Waals surface area contributed by atoms with Gasteiger partial charge in [0.15, 0.2) is 0 Å². The second-order valence-corrected chi connectivity index (χ2v) is 9.59. The number of nitrogens with one attached hydrogen (secondary N) is 1. The first kappa shape index (κ1) is 27.5. The van der Waals surface area contributed by atoms with Crippen molar-refractivity contribution in [2.24, 2.45) is 5.92 Å². The minimum atomic E-state index is -0.460. The lowest BCUT2D eigenvalue weighted by atomic mass is 9.92. The molecule has 1 saturated heterocycles. The molecule has 1 fully saturated rings. The van der Waals surface area contributed by atoms with Crippen LogP contribution in [0, 0.1) is 5.92 Å². The van der Waals surface area contributed by atoms with Gasteiger partial charge in [-0.05, 0) is 90.0 Å². The molecular formula is C26H40N2O6. The van der Waals surface area contributed by atoms with E-state index in [4.69, 9.17) is 14.2 Å². The minimum Gasteiger partial charge on any atom is -0.494 e. The fraction of sp³-hybridized carbons (Fsp3) is 0.654. The van der Waals surface area contributed by atoms with Gasteiger partial charge >= 0.3 is 12.1 Å². The van der Waals surface area contributed by atoms with Gasteiger partial charge in [0.25, 0.3) is 5.91 Å². The Morgan fingerprint density at radius 3 is 2.35 bits per heavy atom. The number of amides is 2. The molecule has 1 heterocycles. The summed E-state index contributed by atoms with van der Waals surface area (Å²) in [5, 5.41) is 2.81. The van der Waals surface area contributed by atoms with Crippen molar-refractivity contribution in [1.29, 1.82) is 0 Å². The van der Waals surface area contributed by atoms with Crippen molar-refractivity contribution >= 4 is 18.0 Å². The summed E-state index contributed by atoms with van der Waals surface area (Å²) in [5.74, 6) is 0.911. The average Bonchev–Trinajstić information content (AvgIpc) is 2.79. The van der Waals surface area contributed by atoms with Crippen LogP contribution in [-0.4, -0.2) is 61.3 Å². The third-order valence-electron chi connectivity index (χ3n) is 5.56. The van der Waals surface area contributed by atoms with Crippen LogP contribution in [0.3, 0.4) is 0 Å². The zero-order valence-corrected chi connectivity index (χ0v) is 21.1. The number of ether oxygens (including phenoxy) is 3. The van der Waals surface area contributed by atoms with E-state index >= 15 is 0 Å². The number of piperidine rings is 1. The van der Waals surface area contributed by atoms with E-state index in [1.807, 2.05) is 20.8 Å². The van der Waals surface area contributed by atoms with Crippen molar-refractivity contribution in [1.82, 2.24) is 10.2 Å². The molecule has 1 aromatic carbocycles. The molecule has 0 atom stereocenters. The van der Waals surface area contributed by atoms with Crippen LogP contribution in [0.15, 0.2) is 24.3 Å². The predicted molar refractivity (Wildman–Crippen MR) is 130 cm³/mol. The maximum Gasteiger partial charge on any atom is 0.410 e. The molecule has 2 amide bonds. The Kier molecular flexibility index (Phi) is 11.2. The van der Waals surface area contributed by atoms with Gasteiger partial charge in [-0.15, -0.1) is 0 Å². The lowest BCUT2D eigenvalue weighted by molar-refractivity contribution is -0.143. The molecule has 1 aliphatic heterocycles. The molecular weight excluding hydrogens is 436 g/mol. The zero-order valence-electron chi connectivity index (χ0n) is 21.1. The number of likely N-dealkylation sites (tertiary alicyclic amines) is 1. The maximum atomic E-state index is 12.2. The Labute approximate surface area is 203 Å². The molecule has 0 unspecified atom stereocenters. The summed E-state index contributed by atoms with van der Waals surface area (Å²) in [5.41, 5.74) is 0.0961. The van der Waals surface area contributed by atoms with Crippen LogP contribution in [0.4, 0.5) is 4.79 Å². The smallest absolute Gasteiger partial charge is 0.410 e. The molecule has 1 N–H and O–H groups in total. The topological polar surface area (TPSA) is 94.2 Å². The molecule has 0 saturated carbocycles. The third kappa shape index (κ3) is 10.4. The highest BCUT2D eigenvalue weighted by Crippen LogP contribution is 2.23. The molecule has 190 valence electrons. The van der Waals surface area contributed by atoms with Crippen molar-refractivity contribution in [2.75, 3.05) is 32.8 Å². The van der Waals surface area contributed by atoms with Gasteiger partial charge in [-0.25, -0.2) is 4.79 Å². The fourth-order valence-electron chi connectivity index (χ4n) is 3.77. The van der Waals surface area contributed by atoms with Crippen LogP contribution < -0.4 is 10.1 Å². The molecule has 1 aliphatic rings. The van der Waals surface area contributed by atoms with Crippen LogP contribution >= 0.6 is 0 Å². The highest BCUT2D eigenvalue weighted by Gasteiger charge is 2.26. The van der Waals surface area contributed by atoms with Crippen LogP contribution in [0.25, 0.3) is 0 Å². The fourth-order valence-corrected chi connectivity index (χ4v) is 3.77. The molecule has 1 aromatic rings. The molecule has 0 aliphatic carbocycles. The van der Waals surface area contributed by atoms with E-state index < -0.39 is 5.60 Å². The normalized spacial score (nSPS) is 14.4. The summed E-state index contributed by atoms with van der Waals surface area (Å²) in [6, 6.07) is 7.07. The third-order valence-corrected chi connectivity index (χ3v) is 5.56. The predicted octanol–water partition coefficient (Wildman–Crippen LogP) is 4.57. The number of hydrogen-bond donors (Lipinski definition) is 1. The Morgan fingerprint density at radius 1 is 1.06 bits per heavy atom. The first-order valence-electron chi connectivity index (χ1n) is 12.3. The molecule has 2 rings (SSSR count). The molecule has 34 heavy (non-hydrogen) atoms. The van der Waals surface area contributed by atoms with Crippen molar-refractivity contribution < 1.29 is 28.6 Å². The highest BCUT2D eigenvalue weighted by atomic mass is 16.6. The summed E-state index contributed by atoms with van der Waals surface area (Å²) >= 11 is 0. The standard InChI is InChI=1S/C26H40N2O6/c1-5-32-23(29)9-6-16-27-24(30)21-10-12-22(13-11-21)33-19-7-8-20-14-17-28(18-15-20)25(31)34-26(2,3)4/h10-13,20H,5-9,14-19H2,1-4H3,(H,27,30). The van der Waals surface area contributed by atoms with E-state index in [-0.39, 0.29) is 18.0 Å². The summed E-state index contributed by atoms with van der Waals surface area (Å²) in [6.07, 6.45) is 4.61. The van der Waals surface area contributed by atoms with Gasteiger partial charge in [0.05, 0.1) is 13.2 Å². The summed E-state index contributed by atoms with van der Waals surface area (Å²) in [4.78, 5) is 37.5. The minimum absolute atomic E-state index is 0.173. The van der Waals surface area contributed by atoms with Crippen molar-refractivity contribution in [3.8, 4) is 5.75 Å². The number of hydrogen-bond acceptors (Lipinski definition) is 6. The molecule has 0 spiro atoms. The van der Waals surface area contributed by atoms with Gasteiger partial charge in [0, 0.05) is 31.6 Å². The molecule has 0 bridgehead atoms. The largest absolute Gasteiger partial charge is 0.494 e. The zero-order chi connectivity index (χ0) is 25.0. The number of esters is 1. The molecule has 8 nitrogen and oxygen atoms in total. The van der Waals surface area contributed by atoms with Crippen molar-refractivity contribution in [3.05, 3.63) is 29.8 Å². The summed E-state index contributed by atoms with van der Waals surface area (Å²) < 4.78 is 16.1. The van der Waals surface area contributed by atoms with Gasteiger partial charge in [-0.2, -0.15) is 0 Å². The highest BCUT2D eigenvalue weighted by molar-refractivity contribution is 5.94. The van der Waals surface area contributed by atoms with E-state index in [1.54, 1.807) is 36.1 Å². The van der Waals surface area contributed by atoms with Gasteiger partial charge in [-0.1, -0.05) is 0 Å². The Hall–Kier alpha value is -2.77. The van der Waals surface area contributed by atoms with Crippen molar-refractivity contribution in [2.45, 2.75) is 71.8 Å². The van der Waals surface area contributed by atoms with E-state index in [2.05, 4.69) is 5.32 Å². The van der Waals surface area contributed by atoms with E-state index in [1.165, 1.54) is 0 Å². The Bertz CT molecular complexity index is 779. The second kappa shape index (κ2) is 13.8. The SMILES string of the molecule is CCOC(=O)CCCNC(=O)c1ccc(OCCCC2CCN(C(=O)OC(C)(C)C)CC2)cc1. The quantitative estimate of drug-likeness (QED) is 0.372. The summed E-state index contributed by atoms with van der Waals surface area (Å²) in [6.45, 7) is 10.3. The Balaban J connectivity index is 1.59. The maximum absolute atomic E-state index is 12.2. The van der Waals surface area contributed by atoms with Crippen molar-refractivity contribution in [3.63, 3.8) is 0 Å². The first-order chi connectivity index (χ1) is 16.2. The lowest BCUT2D eigenvalue weighted by Gasteiger charge is -2.33. The van der Waals surface area contributed by atoms with Crippen LogP contribution in [-0.2, 0) is 14.3 Å².